The molecule has 0 spiro atoms. The number of amides is 1. The van der Waals surface area contributed by atoms with Crippen LogP contribution in [0.4, 0.5) is 0 Å². The van der Waals surface area contributed by atoms with Crippen molar-refractivity contribution in [2.45, 2.75) is 39.3 Å². The van der Waals surface area contributed by atoms with Gasteiger partial charge in [0.25, 0.3) is 0 Å². The van der Waals surface area contributed by atoms with E-state index in [9.17, 15) is 4.79 Å². The van der Waals surface area contributed by atoms with Gasteiger partial charge in [-0.3, -0.25) is 9.69 Å². The maximum Gasteiger partial charge on any atom is 0.234 e. The van der Waals surface area contributed by atoms with E-state index in [2.05, 4.69) is 22.5 Å². The second-order valence-electron chi connectivity index (χ2n) is 5.12. The fourth-order valence-corrected chi connectivity index (χ4v) is 2.38. The van der Waals surface area contributed by atoms with Crippen molar-refractivity contribution in [3.63, 3.8) is 0 Å². The summed E-state index contributed by atoms with van der Waals surface area (Å²) in [4.78, 5) is 13.9. The molecule has 1 aliphatic rings. The number of likely N-dealkylation sites (tertiary alicyclic amines) is 1. The Hall–Kier alpha value is -0.610. The topological polar surface area (TPSA) is 44.4 Å². The normalized spacial score (nSPS) is 27.1. The van der Waals surface area contributed by atoms with Crippen molar-refractivity contribution in [1.82, 2.24) is 15.5 Å². The van der Waals surface area contributed by atoms with Crippen molar-refractivity contribution in [2.24, 2.45) is 5.92 Å². The lowest BCUT2D eigenvalue weighted by molar-refractivity contribution is -0.123. The molecular formula is C12H25N3O. The van der Waals surface area contributed by atoms with Crippen LogP contribution in [0.15, 0.2) is 0 Å². The van der Waals surface area contributed by atoms with Crippen molar-refractivity contribution < 1.29 is 4.79 Å². The average Bonchev–Trinajstić information content (AvgIpc) is 2.16. The van der Waals surface area contributed by atoms with Crippen molar-refractivity contribution in [2.75, 3.05) is 26.7 Å². The third-order valence-electron chi connectivity index (χ3n) is 3.18. The zero-order valence-electron chi connectivity index (χ0n) is 10.9. The summed E-state index contributed by atoms with van der Waals surface area (Å²) < 4.78 is 0. The molecule has 16 heavy (non-hydrogen) atoms. The van der Waals surface area contributed by atoms with Crippen LogP contribution >= 0.6 is 0 Å². The molecule has 2 N–H and O–H groups in total. The molecule has 1 saturated heterocycles. The van der Waals surface area contributed by atoms with Crippen LogP contribution in [-0.4, -0.2) is 49.6 Å². The Morgan fingerprint density at radius 1 is 1.50 bits per heavy atom. The predicted octanol–water partition coefficient (Wildman–Crippen LogP) is 0.441. The van der Waals surface area contributed by atoms with Crippen LogP contribution in [-0.2, 0) is 4.79 Å². The molecule has 1 aliphatic heterocycles. The summed E-state index contributed by atoms with van der Waals surface area (Å²) >= 11 is 0. The minimum absolute atomic E-state index is 0.144. The third kappa shape index (κ3) is 4.10. The summed E-state index contributed by atoms with van der Waals surface area (Å²) in [6.45, 7) is 8.80. The number of hydrogen-bond donors (Lipinski definition) is 2. The summed E-state index contributed by atoms with van der Waals surface area (Å²) in [5, 5.41) is 6.27. The summed E-state index contributed by atoms with van der Waals surface area (Å²) in [5.41, 5.74) is 0. The van der Waals surface area contributed by atoms with Crippen LogP contribution in [0.2, 0.25) is 0 Å². The fourth-order valence-electron chi connectivity index (χ4n) is 2.38. The first-order valence-corrected chi connectivity index (χ1v) is 6.22. The summed E-state index contributed by atoms with van der Waals surface area (Å²) in [7, 11) is 2.02. The van der Waals surface area contributed by atoms with E-state index in [0.717, 1.165) is 19.5 Å². The molecule has 94 valence electrons. The zero-order valence-corrected chi connectivity index (χ0v) is 10.9. The molecule has 0 saturated carbocycles. The minimum Gasteiger partial charge on any atom is -0.353 e. The molecular weight excluding hydrogens is 202 g/mol. The molecule has 0 bridgehead atoms. The Kier molecular flexibility index (Phi) is 5.22. The molecule has 1 amide bonds. The Bertz CT molecular complexity index is 230. The largest absolute Gasteiger partial charge is 0.353 e. The molecule has 1 rings (SSSR count). The smallest absolute Gasteiger partial charge is 0.234 e. The maximum atomic E-state index is 11.6. The minimum atomic E-state index is 0.144. The van der Waals surface area contributed by atoms with Gasteiger partial charge < -0.3 is 10.6 Å². The van der Waals surface area contributed by atoms with E-state index < -0.39 is 0 Å². The Balaban J connectivity index is 2.32. The van der Waals surface area contributed by atoms with Gasteiger partial charge in [0.05, 0.1) is 6.54 Å². The van der Waals surface area contributed by atoms with Crippen molar-refractivity contribution in [3.05, 3.63) is 0 Å². The molecule has 2 atom stereocenters. The van der Waals surface area contributed by atoms with Gasteiger partial charge in [0.2, 0.25) is 5.91 Å². The maximum absolute atomic E-state index is 11.6. The number of carbonyl (C=O) groups excluding carboxylic acids is 1. The summed E-state index contributed by atoms with van der Waals surface area (Å²) in [5.74, 6) is 0.760. The Morgan fingerprint density at radius 3 is 2.69 bits per heavy atom. The number of piperidine rings is 1. The van der Waals surface area contributed by atoms with E-state index in [-0.39, 0.29) is 11.9 Å². The summed E-state index contributed by atoms with van der Waals surface area (Å²) in [6.07, 6.45) is 1.13. The standard InChI is InChI=1S/C12H25N3O/c1-9(2)14-12(16)8-15-6-5-11(13-4)10(3)7-15/h9-11,13H,5-8H2,1-4H3,(H,14,16). The number of nitrogens with one attached hydrogen (secondary N) is 2. The molecule has 1 heterocycles. The van der Waals surface area contributed by atoms with E-state index in [1.54, 1.807) is 0 Å². The highest BCUT2D eigenvalue weighted by atomic mass is 16.2. The van der Waals surface area contributed by atoms with E-state index in [4.69, 9.17) is 0 Å². The lowest BCUT2D eigenvalue weighted by Crippen LogP contribution is -2.50. The number of hydrogen-bond acceptors (Lipinski definition) is 3. The van der Waals surface area contributed by atoms with Crippen LogP contribution in [0.5, 0.6) is 0 Å². The van der Waals surface area contributed by atoms with Gasteiger partial charge in [0.1, 0.15) is 0 Å². The lowest BCUT2D eigenvalue weighted by Gasteiger charge is -2.36. The van der Waals surface area contributed by atoms with E-state index in [0.29, 0.717) is 18.5 Å². The SMILES string of the molecule is CNC1CCN(CC(=O)NC(C)C)CC1C. The second kappa shape index (κ2) is 6.21. The zero-order chi connectivity index (χ0) is 12.1. The van der Waals surface area contributed by atoms with Crippen molar-refractivity contribution in [3.8, 4) is 0 Å². The highest BCUT2D eigenvalue weighted by molar-refractivity contribution is 5.78. The van der Waals surface area contributed by atoms with Crippen molar-refractivity contribution >= 4 is 5.91 Å². The molecule has 0 aromatic rings. The molecule has 0 aromatic carbocycles. The van der Waals surface area contributed by atoms with Gasteiger partial charge >= 0.3 is 0 Å². The van der Waals surface area contributed by atoms with Gasteiger partial charge in [-0.15, -0.1) is 0 Å². The monoisotopic (exact) mass is 227 g/mol. The van der Waals surface area contributed by atoms with E-state index in [1.165, 1.54) is 0 Å². The van der Waals surface area contributed by atoms with Gasteiger partial charge in [-0.25, -0.2) is 0 Å². The lowest BCUT2D eigenvalue weighted by atomic mass is 9.94. The molecule has 4 nitrogen and oxygen atoms in total. The molecule has 0 aliphatic carbocycles. The van der Waals surface area contributed by atoms with Crippen LogP contribution in [0.25, 0.3) is 0 Å². The Morgan fingerprint density at radius 2 is 2.19 bits per heavy atom. The molecule has 2 unspecified atom stereocenters. The van der Waals surface area contributed by atoms with Gasteiger partial charge in [-0.2, -0.15) is 0 Å². The predicted molar refractivity (Wildman–Crippen MR) is 66.3 cm³/mol. The molecule has 0 radical (unpaired) electrons. The highest BCUT2D eigenvalue weighted by Crippen LogP contribution is 2.15. The summed E-state index contributed by atoms with van der Waals surface area (Å²) in [6, 6.07) is 0.837. The molecule has 0 aromatic heterocycles. The number of carbonyl (C=O) groups is 1. The van der Waals surface area contributed by atoms with E-state index >= 15 is 0 Å². The van der Waals surface area contributed by atoms with Crippen LogP contribution < -0.4 is 10.6 Å². The number of nitrogens with zero attached hydrogens (tertiary/aromatic N) is 1. The third-order valence-corrected chi connectivity index (χ3v) is 3.18. The van der Waals surface area contributed by atoms with Gasteiger partial charge in [-0.05, 0) is 33.2 Å². The van der Waals surface area contributed by atoms with Gasteiger partial charge in [0.15, 0.2) is 0 Å². The first-order chi connectivity index (χ1) is 7.52. The quantitative estimate of drug-likeness (QED) is 0.732. The average molecular weight is 227 g/mol. The number of rotatable bonds is 4. The second-order valence-corrected chi connectivity index (χ2v) is 5.12. The first-order valence-electron chi connectivity index (χ1n) is 6.22. The van der Waals surface area contributed by atoms with Gasteiger partial charge in [-0.1, -0.05) is 6.92 Å². The Labute approximate surface area is 98.8 Å². The van der Waals surface area contributed by atoms with Crippen LogP contribution in [0.1, 0.15) is 27.2 Å². The van der Waals surface area contributed by atoms with Crippen molar-refractivity contribution in [1.29, 1.82) is 0 Å². The first kappa shape index (κ1) is 13.5. The fraction of sp³-hybridized carbons (Fsp3) is 0.917. The highest BCUT2D eigenvalue weighted by Gasteiger charge is 2.25. The van der Waals surface area contributed by atoms with Gasteiger partial charge in [0, 0.05) is 25.2 Å². The van der Waals surface area contributed by atoms with Crippen LogP contribution in [0, 0.1) is 5.92 Å². The molecule has 4 heteroatoms. The van der Waals surface area contributed by atoms with E-state index in [1.807, 2.05) is 20.9 Å². The van der Waals surface area contributed by atoms with Crippen LogP contribution in [0.3, 0.4) is 0 Å². The molecule has 1 fully saturated rings.